The molecule has 0 aromatic carbocycles. The molecule has 0 fully saturated rings. The number of hydrogen-bond acceptors (Lipinski definition) is 5. The molecule has 8 heteroatoms. The minimum absolute atomic E-state index is 0. The second-order valence-corrected chi connectivity index (χ2v) is 4.10. The van der Waals surface area contributed by atoms with Crippen LogP contribution in [0.5, 0.6) is 0 Å². The molecule has 6 nitrogen and oxygen atoms in total. The number of thiophene rings is 1. The molecule has 1 rings (SSSR count). The Hall–Kier alpha value is -0.505. The molecule has 96 valence electrons. The summed E-state index contributed by atoms with van der Waals surface area (Å²) in [6.45, 7) is 3.89. The third kappa shape index (κ3) is 5.90. The minimum Gasteiger partial charge on any atom is -0.544 e. The van der Waals surface area contributed by atoms with Gasteiger partial charge in [0.05, 0.1) is 21.8 Å². The van der Waals surface area contributed by atoms with Gasteiger partial charge in [-0.3, -0.25) is 4.79 Å². The predicted molar refractivity (Wildman–Crippen MR) is 60.8 cm³/mol. The molecule has 18 heavy (non-hydrogen) atoms. The normalized spacial score (nSPS) is 10.8. The van der Waals surface area contributed by atoms with E-state index < -0.39 is 5.97 Å². The molecule has 2 radical (unpaired) electrons. The second kappa shape index (κ2) is 9.43. The van der Waals surface area contributed by atoms with Gasteiger partial charge in [-0.05, 0) is 19.1 Å². The van der Waals surface area contributed by atoms with Crippen LogP contribution < -0.4 is 10.4 Å². The Morgan fingerprint density at radius 2 is 2.06 bits per heavy atom. The molecule has 1 atom stereocenters. The van der Waals surface area contributed by atoms with Crippen LogP contribution in [0.15, 0.2) is 12.1 Å². The Morgan fingerprint density at radius 1 is 1.50 bits per heavy atom. The zero-order valence-corrected chi connectivity index (χ0v) is 16.2. The SMILES string of the molecule is O.[CH2]C(CNC(=O)c1ccc(C(=O)[O-])s1)OC.[Hg+]. The number of carbonyl (C=O) groups is 2. The molecule has 0 saturated carbocycles. The first kappa shape index (κ1) is 19.8. The van der Waals surface area contributed by atoms with Crippen molar-refractivity contribution in [3.05, 3.63) is 28.8 Å². The number of aromatic carboxylic acids is 1. The first-order valence-corrected chi connectivity index (χ1v) is 5.31. The van der Waals surface area contributed by atoms with Crippen molar-refractivity contribution >= 4 is 23.2 Å². The summed E-state index contributed by atoms with van der Waals surface area (Å²) in [6, 6.07) is 2.78. The van der Waals surface area contributed by atoms with Gasteiger partial charge in [-0.2, -0.15) is 0 Å². The molecule has 3 N–H and O–H groups in total. The molecule has 1 unspecified atom stereocenters. The van der Waals surface area contributed by atoms with Crippen LogP contribution >= 0.6 is 11.3 Å². The smallest absolute Gasteiger partial charge is 0.544 e. The Kier molecular flexibility index (Phi) is 10.4. The number of methoxy groups -OCH3 is 1. The number of hydrogen-bond donors (Lipinski definition) is 1. The zero-order chi connectivity index (χ0) is 12.1. The average molecular weight is 460 g/mol. The van der Waals surface area contributed by atoms with Crippen molar-refractivity contribution in [3.63, 3.8) is 0 Å². The summed E-state index contributed by atoms with van der Waals surface area (Å²) in [5, 5.41) is 13.1. The van der Waals surface area contributed by atoms with Crippen molar-refractivity contribution in [1.82, 2.24) is 5.32 Å². The first-order valence-electron chi connectivity index (χ1n) is 4.50. The Balaban J connectivity index is 0. The van der Waals surface area contributed by atoms with E-state index in [0.717, 1.165) is 11.3 Å². The van der Waals surface area contributed by atoms with Gasteiger partial charge in [0.2, 0.25) is 0 Å². The second-order valence-electron chi connectivity index (χ2n) is 3.02. The van der Waals surface area contributed by atoms with Crippen LogP contribution in [0.2, 0.25) is 0 Å². The molecular formula is C10H13HgNO5S. The summed E-state index contributed by atoms with van der Waals surface area (Å²) in [5.74, 6) is -1.63. The molecule has 0 aliphatic carbocycles. The molecule has 1 heterocycles. The van der Waals surface area contributed by atoms with Crippen LogP contribution in [0.4, 0.5) is 0 Å². The van der Waals surface area contributed by atoms with Crippen LogP contribution in [-0.2, 0) is 32.4 Å². The molecular weight excluding hydrogens is 447 g/mol. The third-order valence-corrected chi connectivity index (χ3v) is 2.92. The van der Waals surface area contributed by atoms with E-state index in [1.807, 2.05) is 0 Å². The van der Waals surface area contributed by atoms with Gasteiger partial charge in [0.15, 0.2) is 0 Å². The predicted octanol–water partition coefficient (Wildman–Crippen LogP) is -1.14. The Morgan fingerprint density at radius 3 is 2.50 bits per heavy atom. The summed E-state index contributed by atoms with van der Waals surface area (Å²) in [7, 11) is 1.49. The maximum atomic E-state index is 11.5. The molecule has 1 amide bonds. The zero-order valence-electron chi connectivity index (χ0n) is 9.89. The largest absolute Gasteiger partial charge is 1.00 e. The van der Waals surface area contributed by atoms with Crippen molar-refractivity contribution < 1.29 is 52.6 Å². The fourth-order valence-electron chi connectivity index (χ4n) is 0.947. The van der Waals surface area contributed by atoms with Crippen LogP contribution in [-0.4, -0.2) is 37.1 Å². The number of nitrogens with one attached hydrogen (secondary N) is 1. The van der Waals surface area contributed by atoms with Crippen molar-refractivity contribution in [2.45, 2.75) is 6.10 Å². The van der Waals surface area contributed by atoms with Crippen molar-refractivity contribution in [2.75, 3.05) is 13.7 Å². The Labute approximate surface area is 129 Å². The van der Waals surface area contributed by atoms with E-state index in [-0.39, 0.29) is 56.6 Å². The van der Waals surface area contributed by atoms with E-state index in [9.17, 15) is 14.7 Å². The number of rotatable bonds is 5. The molecule has 0 aliphatic heterocycles. The number of carboxylic acid groups (broad SMARTS) is 1. The number of ether oxygens (including phenoxy) is 1. The minimum atomic E-state index is -1.28. The molecule has 0 spiro atoms. The topological polar surface area (TPSA) is 110 Å². The van der Waals surface area contributed by atoms with Gasteiger partial charge >= 0.3 is 27.7 Å². The van der Waals surface area contributed by atoms with Gasteiger partial charge in [-0.15, -0.1) is 11.3 Å². The van der Waals surface area contributed by atoms with Gasteiger partial charge in [-0.1, -0.05) is 0 Å². The fraction of sp³-hybridized carbons (Fsp3) is 0.300. The monoisotopic (exact) mass is 461 g/mol. The van der Waals surface area contributed by atoms with E-state index in [1.165, 1.54) is 19.2 Å². The Bertz CT molecular complexity index is 395. The van der Waals surface area contributed by atoms with Crippen LogP contribution in [0, 0.1) is 6.92 Å². The molecule has 0 bridgehead atoms. The van der Waals surface area contributed by atoms with Gasteiger partial charge in [0.1, 0.15) is 0 Å². The van der Waals surface area contributed by atoms with E-state index >= 15 is 0 Å². The molecule has 1 aromatic heterocycles. The molecule has 0 aliphatic rings. The first-order chi connectivity index (χ1) is 7.54. The van der Waals surface area contributed by atoms with E-state index in [4.69, 9.17) is 4.74 Å². The summed E-state index contributed by atoms with van der Waals surface area (Å²) in [4.78, 5) is 22.3. The summed E-state index contributed by atoms with van der Waals surface area (Å²) < 4.78 is 4.85. The molecule has 1 aromatic rings. The molecule has 0 saturated heterocycles. The summed E-state index contributed by atoms with van der Waals surface area (Å²) in [5.41, 5.74) is 0. The van der Waals surface area contributed by atoms with Crippen molar-refractivity contribution in [3.8, 4) is 0 Å². The quantitative estimate of drug-likeness (QED) is 0.561. The van der Waals surface area contributed by atoms with Crippen LogP contribution in [0.25, 0.3) is 0 Å². The fourth-order valence-corrected chi connectivity index (χ4v) is 1.70. The van der Waals surface area contributed by atoms with Crippen LogP contribution in [0.3, 0.4) is 0 Å². The third-order valence-electron chi connectivity index (χ3n) is 1.85. The maximum Gasteiger partial charge on any atom is 1.00 e. The average Bonchev–Trinajstić information content (AvgIpc) is 2.74. The van der Waals surface area contributed by atoms with Gasteiger partial charge in [0, 0.05) is 13.7 Å². The van der Waals surface area contributed by atoms with Gasteiger partial charge < -0.3 is 25.4 Å². The van der Waals surface area contributed by atoms with Crippen molar-refractivity contribution in [1.29, 1.82) is 0 Å². The summed E-state index contributed by atoms with van der Waals surface area (Å²) in [6.07, 6.45) is -0.329. The van der Waals surface area contributed by atoms with E-state index in [0.29, 0.717) is 4.88 Å². The number of carboxylic acids is 1. The van der Waals surface area contributed by atoms with E-state index in [2.05, 4.69) is 12.2 Å². The van der Waals surface area contributed by atoms with Gasteiger partial charge in [0.25, 0.3) is 5.91 Å². The maximum absolute atomic E-state index is 11.5. The van der Waals surface area contributed by atoms with E-state index in [1.54, 1.807) is 0 Å². The number of carbonyl (C=O) groups excluding carboxylic acids is 2. The van der Waals surface area contributed by atoms with Gasteiger partial charge in [-0.25, -0.2) is 0 Å². The van der Waals surface area contributed by atoms with Crippen molar-refractivity contribution in [2.24, 2.45) is 0 Å². The summed E-state index contributed by atoms with van der Waals surface area (Å²) >= 11 is 0.873. The standard InChI is InChI=1S/C10H12NO4S.Hg.H2O/c1-6(15-2)5-11-9(12)7-3-4-8(16-7)10(13)14;;/h3-4,6H,1,5H2,2H3,(H,11,12)(H,13,14);;1H2/q;+1;/p-1. The van der Waals surface area contributed by atoms with Crippen LogP contribution in [0.1, 0.15) is 19.3 Å². The number of amides is 1.